The summed E-state index contributed by atoms with van der Waals surface area (Å²) >= 11 is 0. The number of hydrogen-bond acceptors (Lipinski definition) is 5. The summed E-state index contributed by atoms with van der Waals surface area (Å²) in [5, 5.41) is 28.0. The van der Waals surface area contributed by atoms with Crippen LogP contribution in [0.5, 0.6) is 0 Å². The van der Waals surface area contributed by atoms with E-state index >= 15 is 0 Å². The zero-order valence-electron chi connectivity index (χ0n) is 8.60. The normalized spacial score (nSPS) is 9.94. The third-order valence-electron chi connectivity index (χ3n) is 1.90. The minimum atomic E-state index is -1.78. The van der Waals surface area contributed by atoms with Crippen molar-refractivity contribution < 1.29 is 24.7 Å². The standard InChI is InChI=1S/C7H8N4O6/c1-2-9-4(11(16)17)3-8-5(9)10(6(12)13)7(14)15/h3H,2H2,1H3,(H,12,13)(H,14,15). The molecule has 1 aromatic heterocycles. The lowest BCUT2D eigenvalue weighted by molar-refractivity contribution is -0.392. The molecule has 17 heavy (non-hydrogen) atoms. The highest BCUT2D eigenvalue weighted by atomic mass is 16.6. The Bertz CT molecular complexity index is 467. The maximum absolute atomic E-state index is 10.7. The van der Waals surface area contributed by atoms with Gasteiger partial charge in [0, 0.05) is 0 Å². The summed E-state index contributed by atoms with van der Waals surface area (Å²) in [6.07, 6.45) is -2.77. The van der Waals surface area contributed by atoms with E-state index in [-0.39, 0.29) is 11.4 Å². The van der Waals surface area contributed by atoms with E-state index < -0.39 is 28.9 Å². The fourth-order valence-electron chi connectivity index (χ4n) is 1.24. The van der Waals surface area contributed by atoms with Crippen LogP contribution in [0, 0.1) is 10.1 Å². The molecule has 0 aliphatic heterocycles. The zero-order valence-corrected chi connectivity index (χ0v) is 8.60. The van der Waals surface area contributed by atoms with E-state index in [4.69, 9.17) is 10.2 Å². The number of imidazole rings is 1. The number of carbonyl (C=O) groups is 2. The molecular weight excluding hydrogens is 236 g/mol. The van der Waals surface area contributed by atoms with Gasteiger partial charge >= 0.3 is 24.0 Å². The van der Waals surface area contributed by atoms with Gasteiger partial charge in [-0.25, -0.2) is 9.59 Å². The molecule has 0 saturated carbocycles. The van der Waals surface area contributed by atoms with Crippen molar-refractivity contribution in [3.63, 3.8) is 0 Å². The van der Waals surface area contributed by atoms with Crippen molar-refractivity contribution >= 4 is 24.0 Å². The summed E-state index contributed by atoms with van der Waals surface area (Å²) in [7, 11) is 0. The van der Waals surface area contributed by atoms with Crippen LogP contribution in [0.4, 0.5) is 21.4 Å². The predicted molar refractivity (Wildman–Crippen MR) is 53.1 cm³/mol. The summed E-state index contributed by atoms with van der Waals surface area (Å²) < 4.78 is 0.877. The van der Waals surface area contributed by atoms with Gasteiger partial charge in [0.2, 0.25) is 0 Å². The number of nitro groups is 1. The molecule has 1 rings (SSSR count). The molecular formula is C7H8N4O6. The van der Waals surface area contributed by atoms with Crippen LogP contribution in [0.1, 0.15) is 6.92 Å². The number of anilines is 1. The fraction of sp³-hybridized carbons (Fsp3) is 0.286. The predicted octanol–water partition coefficient (Wildman–Crippen LogP) is 0.974. The summed E-state index contributed by atoms with van der Waals surface area (Å²) in [5.41, 5.74) is 0. The second-order valence-corrected chi connectivity index (χ2v) is 2.82. The molecule has 0 saturated heterocycles. The Morgan fingerprint density at radius 2 is 2.06 bits per heavy atom. The van der Waals surface area contributed by atoms with Crippen LogP contribution >= 0.6 is 0 Å². The number of amides is 2. The molecule has 92 valence electrons. The van der Waals surface area contributed by atoms with E-state index in [1.165, 1.54) is 6.92 Å². The lowest BCUT2D eigenvalue weighted by atomic mass is 10.6. The molecule has 0 bridgehead atoms. The highest BCUT2D eigenvalue weighted by Crippen LogP contribution is 2.21. The SMILES string of the molecule is CCn1c([N+](=O)[O-])cnc1N(C(=O)O)C(=O)O. The van der Waals surface area contributed by atoms with Crippen molar-refractivity contribution in [2.45, 2.75) is 13.5 Å². The van der Waals surface area contributed by atoms with Gasteiger partial charge in [0.15, 0.2) is 0 Å². The van der Waals surface area contributed by atoms with Crippen molar-refractivity contribution in [1.82, 2.24) is 9.55 Å². The van der Waals surface area contributed by atoms with Crippen LogP contribution in [-0.2, 0) is 6.54 Å². The largest absolute Gasteiger partial charge is 0.464 e. The van der Waals surface area contributed by atoms with Gasteiger partial charge in [0.25, 0.3) is 0 Å². The number of rotatable bonds is 3. The number of nitrogens with zero attached hydrogens (tertiary/aromatic N) is 4. The van der Waals surface area contributed by atoms with Crippen molar-refractivity contribution in [2.75, 3.05) is 4.90 Å². The molecule has 0 fully saturated rings. The minimum absolute atomic E-state index is 0.0166. The number of hydrogen-bond donors (Lipinski definition) is 2. The molecule has 10 heteroatoms. The van der Waals surface area contributed by atoms with Crippen LogP contribution in [-0.4, -0.2) is 36.9 Å². The number of imide groups is 1. The first kappa shape index (κ1) is 12.4. The second kappa shape index (κ2) is 4.47. The summed E-state index contributed by atoms with van der Waals surface area (Å²) in [6.45, 7) is 1.52. The Morgan fingerprint density at radius 3 is 2.41 bits per heavy atom. The number of carboxylic acid groups (broad SMARTS) is 2. The van der Waals surface area contributed by atoms with Gasteiger partial charge in [-0.1, -0.05) is 0 Å². The molecule has 2 amide bonds. The first-order valence-electron chi connectivity index (χ1n) is 4.36. The van der Waals surface area contributed by atoms with Gasteiger partial charge in [-0.3, -0.25) is 0 Å². The second-order valence-electron chi connectivity index (χ2n) is 2.82. The molecule has 0 aliphatic rings. The maximum atomic E-state index is 10.7. The van der Waals surface area contributed by atoms with E-state index in [2.05, 4.69) is 4.98 Å². The molecule has 0 aliphatic carbocycles. The highest BCUT2D eigenvalue weighted by molar-refractivity contribution is 6.06. The summed E-state index contributed by atoms with van der Waals surface area (Å²) in [6, 6.07) is 0. The molecule has 2 N–H and O–H groups in total. The Kier molecular flexibility index (Phi) is 3.26. The number of aromatic nitrogens is 2. The molecule has 10 nitrogen and oxygen atoms in total. The van der Waals surface area contributed by atoms with Crippen LogP contribution < -0.4 is 4.90 Å². The third-order valence-corrected chi connectivity index (χ3v) is 1.90. The smallest absolute Gasteiger partial charge is 0.425 e. The molecule has 1 heterocycles. The van der Waals surface area contributed by atoms with Gasteiger partial charge in [0.05, 0.1) is 6.54 Å². The van der Waals surface area contributed by atoms with E-state index in [1.807, 2.05) is 0 Å². The fourth-order valence-corrected chi connectivity index (χ4v) is 1.24. The monoisotopic (exact) mass is 244 g/mol. The molecule has 0 aromatic carbocycles. The van der Waals surface area contributed by atoms with E-state index in [0.29, 0.717) is 0 Å². The van der Waals surface area contributed by atoms with Gasteiger partial charge in [-0.05, 0) is 11.8 Å². The Labute approximate surface area is 93.9 Å². The summed E-state index contributed by atoms with van der Waals surface area (Å²) in [4.78, 5) is 34.6. The third kappa shape index (κ3) is 2.14. The molecule has 0 spiro atoms. The molecule has 0 radical (unpaired) electrons. The Hall–Kier alpha value is -2.65. The van der Waals surface area contributed by atoms with Crippen LogP contribution in [0.3, 0.4) is 0 Å². The van der Waals surface area contributed by atoms with Crippen molar-refractivity contribution in [3.8, 4) is 0 Å². The maximum Gasteiger partial charge on any atom is 0.425 e. The van der Waals surface area contributed by atoms with Crippen LogP contribution in [0.15, 0.2) is 6.20 Å². The van der Waals surface area contributed by atoms with E-state index in [1.54, 1.807) is 0 Å². The van der Waals surface area contributed by atoms with Crippen molar-refractivity contribution in [3.05, 3.63) is 16.3 Å². The molecule has 0 unspecified atom stereocenters. The van der Waals surface area contributed by atoms with Crippen LogP contribution in [0.2, 0.25) is 0 Å². The van der Waals surface area contributed by atoms with Gasteiger partial charge in [-0.2, -0.15) is 9.55 Å². The van der Waals surface area contributed by atoms with Gasteiger partial charge in [0.1, 0.15) is 6.20 Å². The van der Waals surface area contributed by atoms with Gasteiger partial charge < -0.3 is 20.3 Å². The van der Waals surface area contributed by atoms with Crippen molar-refractivity contribution in [2.24, 2.45) is 0 Å². The molecule has 0 atom stereocenters. The quantitative estimate of drug-likeness (QED) is 0.596. The first-order chi connectivity index (χ1) is 7.90. The van der Waals surface area contributed by atoms with Crippen molar-refractivity contribution in [1.29, 1.82) is 0 Å². The molecule has 1 aromatic rings. The van der Waals surface area contributed by atoms with Crippen LogP contribution in [0.25, 0.3) is 0 Å². The van der Waals surface area contributed by atoms with E-state index in [9.17, 15) is 19.7 Å². The lowest BCUT2D eigenvalue weighted by Gasteiger charge is -2.10. The zero-order chi connectivity index (χ0) is 13.2. The van der Waals surface area contributed by atoms with E-state index in [0.717, 1.165) is 10.8 Å². The average Bonchev–Trinajstić information content (AvgIpc) is 2.60. The Morgan fingerprint density at radius 1 is 1.53 bits per heavy atom. The minimum Gasteiger partial charge on any atom is -0.464 e. The summed E-state index contributed by atoms with van der Waals surface area (Å²) in [5.74, 6) is -1.01. The average molecular weight is 244 g/mol. The highest BCUT2D eigenvalue weighted by Gasteiger charge is 2.32. The first-order valence-corrected chi connectivity index (χ1v) is 4.36. The van der Waals surface area contributed by atoms with Gasteiger partial charge in [-0.15, -0.1) is 4.90 Å². The Balaban J connectivity index is 3.35. The topological polar surface area (TPSA) is 139 Å². The lowest BCUT2D eigenvalue weighted by Crippen LogP contribution is -2.36.